The molecule has 1 aliphatic heterocycles. The van der Waals surface area contributed by atoms with Crippen LogP contribution in [0.1, 0.15) is 15.9 Å². The van der Waals surface area contributed by atoms with Crippen LogP contribution in [0, 0.1) is 0 Å². The van der Waals surface area contributed by atoms with Crippen LogP contribution in [0.2, 0.25) is 0 Å². The van der Waals surface area contributed by atoms with Crippen molar-refractivity contribution in [1.82, 2.24) is 29.7 Å². The van der Waals surface area contributed by atoms with Gasteiger partial charge in [0.2, 0.25) is 0 Å². The normalized spacial score (nSPS) is 14.6. The summed E-state index contributed by atoms with van der Waals surface area (Å²) < 4.78 is 0. The molecule has 1 saturated heterocycles. The number of nitrogens with zero attached hydrogens (tertiary/aromatic N) is 5. The molecule has 8 heteroatoms. The number of piperazine rings is 1. The molecule has 0 radical (unpaired) electrons. The van der Waals surface area contributed by atoms with Gasteiger partial charge in [-0.3, -0.25) is 4.79 Å². The van der Waals surface area contributed by atoms with Gasteiger partial charge in [-0.25, -0.2) is 15.0 Å². The van der Waals surface area contributed by atoms with E-state index in [9.17, 15) is 4.79 Å². The smallest absolute Gasteiger partial charge is 0.253 e. The van der Waals surface area contributed by atoms with Gasteiger partial charge in [-0.15, -0.1) is 0 Å². The number of hydrogen-bond acceptors (Lipinski definition) is 6. The van der Waals surface area contributed by atoms with Crippen LogP contribution in [-0.4, -0.2) is 68.9 Å². The lowest BCUT2D eigenvalue weighted by atomic mass is 10.1. The van der Waals surface area contributed by atoms with Gasteiger partial charge in [-0.05, 0) is 24.7 Å². The monoisotopic (exact) mass is 427 g/mol. The number of likely N-dealkylation sites (N-methyl/N-ethyl adjacent to an activating group) is 1. The number of carbonyl (C=O) groups is 1. The first kappa shape index (κ1) is 20.1. The molecular formula is C24H25N7O. The molecule has 0 bridgehead atoms. The molecule has 3 heterocycles. The fourth-order valence-electron chi connectivity index (χ4n) is 3.83. The lowest BCUT2D eigenvalue weighted by Gasteiger charge is -2.32. The quantitative estimate of drug-likeness (QED) is 0.509. The zero-order valence-electron chi connectivity index (χ0n) is 18.0. The van der Waals surface area contributed by atoms with E-state index in [2.05, 4.69) is 44.3 Å². The van der Waals surface area contributed by atoms with Crippen LogP contribution in [0.15, 0.2) is 60.9 Å². The van der Waals surface area contributed by atoms with Crippen molar-refractivity contribution < 1.29 is 4.79 Å². The summed E-state index contributed by atoms with van der Waals surface area (Å²) >= 11 is 0. The Morgan fingerprint density at radius 3 is 2.50 bits per heavy atom. The largest absolute Gasteiger partial charge is 0.364 e. The molecule has 0 aliphatic carbocycles. The molecule has 4 aromatic rings. The molecule has 1 amide bonds. The predicted molar refractivity (Wildman–Crippen MR) is 124 cm³/mol. The van der Waals surface area contributed by atoms with Gasteiger partial charge >= 0.3 is 0 Å². The predicted octanol–water partition coefficient (Wildman–Crippen LogP) is 3.02. The fourth-order valence-corrected chi connectivity index (χ4v) is 3.83. The van der Waals surface area contributed by atoms with Crippen molar-refractivity contribution in [2.24, 2.45) is 0 Å². The summed E-state index contributed by atoms with van der Waals surface area (Å²) in [6.45, 7) is 3.96. The number of rotatable bonds is 5. The first-order chi connectivity index (χ1) is 15.7. The Morgan fingerprint density at radius 2 is 1.75 bits per heavy atom. The minimum Gasteiger partial charge on any atom is -0.364 e. The van der Waals surface area contributed by atoms with Gasteiger partial charge in [-0.1, -0.05) is 42.5 Å². The number of aromatic amines is 1. The highest BCUT2D eigenvalue weighted by molar-refractivity contribution is 5.95. The standard InChI is InChI=1S/C24H25N7O/c1-30-11-13-31(14-12-30)24(32)19-9-7-18(8-10-19)21-28-22(20-23(29-21)27-16-26-20)25-15-17-5-3-2-4-6-17/h2-10,16H,11-15H2,1H3,(H2,25,26,27,28,29). The summed E-state index contributed by atoms with van der Waals surface area (Å²) in [7, 11) is 2.08. The van der Waals surface area contributed by atoms with Gasteiger partial charge in [0.25, 0.3) is 5.91 Å². The number of imidazole rings is 1. The Morgan fingerprint density at radius 1 is 1.00 bits per heavy atom. The van der Waals surface area contributed by atoms with Crippen molar-refractivity contribution in [1.29, 1.82) is 0 Å². The summed E-state index contributed by atoms with van der Waals surface area (Å²) in [4.78, 5) is 33.7. The molecule has 2 aromatic carbocycles. The van der Waals surface area contributed by atoms with Crippen LogP contribution in [-0.2, 0) is 6.54 Å². The Hall–Kier alpha value is -3.78. The Kier molecular flexibility index (Phi) is 5.51. The van der Waals surface area contributed by atoms with E-state index in [1.807, 2.05) is 47.4 Å². The van der Waals surface area contributed by atoms with Crippen molar-refractivity contribution in [3.05, 3.63) is 72.1 Å². The van der Waals surface area contributed by atoms with E-state index in [1.54, 1.807) is 6.33 Å². The SMILES string of the molecule is CN1CCN(C(=O)c2ccc(-c3nc(NCc4ccccc4)c4[nH]cnc4n3)cc2)CC1. The molecule has 2 aromatic heterocycles. The third-order valence-corrected chi connectivity index (χ3v) is 5.77. The molecule has 0 unspecified atom stereocenters. The molecule has 0 spiro atoms. The summed E-state index contributed by atoms with van der Waals surface area (Å²) in [5, 5.41) is 3.39. The van der Waals surface area contributed by atoms with Crippen molar-refractivity contribution >= 4 is 22.9 Å². The van der Waals surface area contributed by atoms with Crippen LogP contribution in [0.25, 0.3) is 22.6 Å². The molecule has 1 aliphatic rings. The van der Waals surface area contributed by atoms with E-state index in [0.717, 1.165) is 42.8 Å². The van der Waals surface area contributed by atoms with E-state index >= 15 is 0 Å². The maximum absolute atomic E-state index is 12.8. The third kappa shape index (κ3) is 4.17. The zero-order valence-corrected chi connectivity index (χ0v) is 18.0. The van der Waals surface area contributed by atoms with Crippen molar-refractivity contribution in [3.8, 4) is 11.4 Å². The molecule has 5 rings (SSSR count). The van der Waals surface area contributed by atoms with E-state index in [-0.39, 0.29) is 5.91 Å². The van der Waals surface area contributed by atoms with Crippen molar-refractivity contribution in [2.45, 2.75) is 6.54 Å². The highest BCUT2D eigenvalue weighted by atomic mass is 16.2. The van der Waals surface area contributed by atoms with Gasteiger partial charge in [0.05, 0.1) is 6.33 Å². The molecular weight excluding hydrogens is 402 g/mol. The minimum atomic E-state index is 0.0681. The number of anilines is 1. The second kappa shape index (κ2) is 8.76. The number of aromatic nitrogens is 4. The average molecular weight is 428 g/mol. The second-order valence-corrected chi connectivity index (χ2v) is 8.01. The molecule has 0 atom stereocenters. The Balaban J connectivity index is 1.37. The number of hydrogen-bond donors (Lipinski definition) is 2. The van der Waals surface area contributed by atoms with Crippen LogP contribution in [0.5, 0.6) is 0 Å². The lowest BCUT2D eigenvalue weighted by molar-refractivity contribution is 0.0664. The van der Waals surface area contributed by atoms with Crippen molar-refractivity contribution in [3.63, 3.8) is 0 Å². The molecule has 8 nitrogen and oxygen atoms in total. The van der Waals surface area contributed by atoms with E-state index in [1.165, 1.54) is 0 Å². The number of fused-ring (bicyclic) bond motifs is 1. The van der Waals surface area contributed by atoms with Crippen LogP contribution >= 0.6 is 0 Å². The highest BCUT2D eigenvalue weighted by Crippen LogP contribution is 2.24. The number of nitrogens with one attached hydrogen (secondary N) is 2. The summed E-state index contributed by atoms with van der Waals surface area (Å²) in [6.07, 6.45) is 1.62. The van der Waals surface area contributed by atoms with Gasteiger partial charge in [0.15, 0.2) is 17.3 Å². The van der Waals surface area contributed by atoms with Gasteiger partial charge < -0.3 is 20.1 Å². The van der Waals surface area contributed by atoms with Gasteiger partial charge in [0.1, 0.15) is 5.52 Å². The summed E-state index contributed by atoms with van der Waals surface area (Å²) in [5.74, 6) is 1.33. The molecule has 0 saturated carbocycles. The van der Waals surface area contributed by atoms with E-state index in [4.69, 9.17) is 4.98 Å². The first-order valence-electron chi connectivity index (χ1n) is 10.7. The van der Waals surface area contributed by atoms with Crippen LogP contribution in [0.4, 0.5) is 5.82 Å². The zero-order chi connectivity index (χ0) is 21.9. The van der Waals surface area contributed by atoms with Gasteiger partial charge in [0, 0.05) is 43.9 Å². The minimum absolute atomic E-state index is 0.0681. The number of amides is 1. The number of benzene rings is 2. The molecule has 2 N–H and O–H groups in total. The third-order valence-electron chi connectivity index (χ3n) is 5.77. The average Bonchev–Trinajstić information content (AvgIpc) is 3.32. The van der Waals surface area contributed by atoms with Gasteiger partial charge in [-0.2, -0.15) is 0 Å². The molecule has 162 valence electrons. The topological polar surface area (TPSA) is 90.0 Å². The Bertz CT molecular complexity index is 1210. The number of H-pyrrole nitrogens is 1. The van der Waals surface area contributed by atoms with E-state index < -0.39 is 0 Å². The van der Waals surface area contributed by atoms with E-state index in [0.29, 0.717) is 29.4 Å². The summed E-state index contributed by atoms with van der Waals surface area (Å²) in [6, 6.07) is 17.7. The number of carbonyl (C=O) groups excluding carboxylic acids is 1. The van der Waals surface area contributed by atoms with Crippen LogP contribution in [0.3, 0.4) is 0 Å². The lowest BCUT2D eigenvalue weighted by Crippen LogP contribution is -2.47. The molecule has 32 heavy (non-hydrogen) atoms. The summed E-state index contributed by atoms with van der Waals surface area (Å²) in [5.41, 5.74) is 4.05. The first-order valence-corrected chi connectivity index (χ1v) is 10.7. The Labute approximate surface area is 186 Å². The van der Waals surface area contributed by atoms with Crippen LogP contribution < -0.4 is 5.32 Å². The maximum atomic E-state index is 12.8. The maximum Gasteiger partial charge on any atom is 0.253 e. The highest BCUT2D eigenvalue weighted by Gasteiger charge is 2.20. The second-order valence-electron chi connectivity index (χ2n) is 8.01. The fraction of sp³-hybridized carbons (Fsp3) is 0.250. The molecule has 1 fully saturated rings. The van der Waals surface area contributed by atoms with Crippen molar-refractivity contribution in [2.75, 3.05) is 38.5 Å².